The summed E-state index contributed by atoms with van der Waals surface area (Å²) in [5.74, 6) is -0.215. The van der Waals surface area contributed by atoms with Gasteiger partial charge in [-0.3, -0.25) is 9.59 Å². The van der Waals surface area contributed by atoms with E-state index in [-0.39, 0.29) is 29.4 Å². The second-order valence-corrected chi connectivity index (χ2v) is 6.14. The Morgan fingerprint density at radius 2 is 1.85 bits per heavy atom. The number of phenols is 1. The van der Waals surface area contributed by atoms with Gasteiger partial charge in [0.1, 0.15) is 5.75 Å². The lowest BCUT2D eigenvalue weighted by Gasteiger charge is -2.25. The summed E-state index contributed by atoms with van der Waals surface area (Å²) in [5.41, 5.74) is 1.25. The van der Waals surface area contributed by atoms with E-state index in [0.29, 0.717) is 11.6 Å². The number of aryl methyl sites for hydroxylation is 1. The summed E-state index contributed by atoms with van der Waals surface area (Å²) in [6.45, 7) is 4.00. The molecule has 1 aliphatic heterocycles. The largest absolute Gasteiger partial charge is 0.506 e. The fourth-order valence-corrected chi connectivity index (χ4v) is 3.44. The number of rotatable bonds is 1. The Bertz CT molecular complexity index is 581. The molecule has 1 aromatic rings. The molecule has 0 spiro atoms. The lowest BCUT2D eigenvalue weighted by molar-refractivity contribution is -0.122. The van der Waals surface area contributed by atoms with Crippen LogP contribution in [0.25, 0.3) is 0 Å². The van der Waals surface area contributed by atoms with Crippen LogP contribution < -0.4 is 4.90 Å². The molecule has 0 radical (unpaired) electrons. The summed E-state index contributed by atoms with van der Waals surface area (Å²) in [7, 11) is 0. The van der Waals surface area contributed by atoms with Gasteiger partial charge in [0.25, 0.3) is 0 Å². The molecule has 4 nitrogen and oxygen atoms in total. The molecule has 0 unspecified atom stereocenters. The van der Waals surface area contributed by atoms with Crippen LogP contribution in [-0.2, 0) is 9.59 Å². The molecule has 2 amide bonds. The third-order valence-corrected chi connectivity index (χ3v) is 4.56. The van der Waals surface area contributed by atoms with Gasteiger partial charge in [-0.25, -0.2) is 4.90 Å². The van der Waals surface area contributed by atoms with Crippen LogP contribution in [-0.4, -0.2) is 16.9 Å². The maximum atomic E-state index is 12.6. The lowest BCUT2D eigenvalue weighted by Crippen LogP contribution is -2.31. The zero-order valence-electron chi connectivity index (χ0n) is 11.8. The number of benzene rings is 1. The Labute approximate surface area is 118 Å². The topological polar surface area (TPSA) is 57.6 Å². The Morgan fingerprint density at radius 3 is 2.60 bits per heavy atom. The van der Waals surface area contributed by atoms with Gasteiger partial charge < -0.3 is 5.11 Å². The number of phenolic OH excluding ortho intramolecular Hbond substituents is 1. The number of carbonyl (C=O) groups excluding carboxylic acids is 2. The number of aromatic hydroxyl groups is 1. The maximum Gasteiger partial charge on any atom is 0.237 e. The molecule has 3 atom stereocenters. The van der Waals surface area contributed by atoms with Crippen LogP contribution in [0, 0.1) is 24.7 Å². The number of carbonyl (C=O) groups is 2. The van der Waals surface area contributed by atoms with Crippen molar-refractivity contribution in [3.8, 4) is 5.75 Å². The first kappa shape index (κ1) is 13.2. The predicted octanol–water partition coefficient (Wildman–Crippen LogP) is 2.63. The Kier molecular flexibility index (Phi) is 3.04. The predicted molar refractivity (Wildman–Crippen MR) is 75.3 cm³/mol. The van der Waals surface area contributed by atoms with Gasteiger partial charge in [0.05, 0.1) is 17.5 Å². The third-order valence-electron chi connectivity index (χ3n) is 4.56. The van der Waals surface area contributed by atoms with Crippen molar-refractivity contribution in [1.82, 2.24) is 0 Å². The van der Waals surface area contributed by atoms with Gasteiger partial charge in [0, 0.05) is 0 Å². The van der Waals surface area contributed by atoms with E-state index in [2.05, 4.69) is 6.92 Å². The van der Waals surface area contributed by atoms with Gasteiger partial charge in [-0.2, -0.15) is 0 Å². The number of imide groups is 1. The van der Waals surface area contributed by atoms with Crippen molar-refractivity contribution in [1.29, 1.82) is 0 Å². The molecule has 0 bridgehead atoms. The zero-order valence-corrected chi connectivity index (χ0v) is 11.8. The van der Waals surface area contributed by atoms with E-state index in [1.54, 1.807) is 12.1 Å². The average Bonchev–Trinajstić information content (AvgIpc) is 2.65. The first-order valence-corrected chi connectivity index (χ1v) is 7.16. The molecule has 1 N–H and O–H groups in total. The molecule has 1 aliphatic carbocycles. The molecule has 4 heteroatoms. The van der Waals surface area contributed by atoms with Gasteiger partial charge >= 0.3 is 0 Å². The van der Waals surface area contributed by atoms with E-state index in [1.165, 1.54) is 11.0 Å². The normalized spacial score (nSPS) is 29.7. The number of nitrogens with zero attached hydrogens (tertiary/aromatic N) is 1. The van der Waals surface area contributed by atoms with E-state index in [4.69, 9.17) is 0 Å². The third kappa shape index (κ3) is 1.90. The van der Waals surface area contributed by atoms with Crippen LogP contribution >= 0.6 is 0 Å². The van der Waals surface area contributed by atoms with Crippen LogP contribution in [0.2, 0.25) is 0 Å². The fourth-order valence-electron chi connectivity index (χ4n) is 3.44. The van der Waals surface area contributed by atoms with Crippen molar-refractivity contribution in [2.45, 2.75) is 33.1 Å². The first-order chi connectivity index (χ1) is 9.49. The molecule has 2 aliphatic rings. The molecular formula is C16H19NO3. The maximum absolute atomic E-state index is 12.6. The van der Waals surface area contributed by atoms with Crippen LogP contribution in [0.1, 0.15) is 31.7 Å². The Hall–Kier alpha value is -1.84. The van der Waals surface area contributed by atoms with Crippen LogP contribution in [0.5, 0.6) is 5.75 Å². The smallest absolute Gasteiger partial charge is 0.237 e. The van der Waals surface area contributed by atoms with E-state index < -0.39 is 0 Å². The minimum atomic E-state index is -0.203. The lowest BCUT2D eigenvalue weighted by atomic mass is 9.76. The summed E-state index contributed by atoms with van der Waals surface area (Å²) in [6.07, 6.45) is 2.55. The summed E-state index contributed by atoms with van der Waals surface area (Å²) >= 11 is 0. The highest BCUT2D eigenvalue weighted by molar-refractivity contribution is 6.22. The molecule has 1 saturated heterocycles. The van der Waals surface area contributed by atoms with Gasteiger partial charge in [0.15, 0.2) is 0 Å². The molecular weight excluding hydrogens is 254 g/mol. The monoisotopic (exact) mass is 273 g/mol. The molecule has 106 valence electrons. The van der Waals surface area contributed by atoms with Gasteiger partial charge in [-0.05, 0) is 49.8 Å². The van der Waals surface area contributed by atoms with Crippen LogP contribution in [0.4, 0.5) is 5.69 Å². The van der Waals surface area contributed by atoms with E-state index in [1.807, 2.05) is 6.92 Å². The van der Waals surface area contributed by atoms with E-state index in [9.17, 15) is 14.7 Å². The summed E-state index contributed by atoms with van der Waals surface area (Å²) in [4.78, 5) is 26.3. The highest BCUT2D eigenvalue weighted by Gasteiger charge is 2.50. The summed E-state index contributed by atoms with van der Waals surface area (Å²) < 4.78 is 0. The number of amides is 2. The molecule has 1 aromatic carbocycles. The minimum Gasteiger partial charge on any atom is -0.506 e. The van der Waals surface area contributed by atoms with E-state index >= 15 is 0 Å². The van der Waals surface area contributed by atoms with Crippen LogP contribution in [0.3, 0.4) is 0 Å². The van der Waals surface area contributed by atoms with Crippen molar-refractivity contribution in [2.75, 3.05) is 4.90 Å². The summed E-state index contributed by atoms with van der Waals surface area (Å²) in [5, 5.41) is 9.97. The van der Waals surface area contributed by atoms with Crippen molar-refractivity contribution >= 4 is 17.5 Å². The average molecular weight is 273 g/mol. The molecule has 2 fully saturated rings. The van der Waals surface area contributed by atoms with E-state index in [0.717, 1.165) is 24.8 Å². The molecule has 20 heavy (non-hydrogen) atoms. The number of anilines is 1. The van der Waals surface area contributed by atoms with Gasteiger partial charge in [-0.15, -0.1) is 0 Å². The van der Waals surface area contributed by atoms with Gasteiger partial charge in [0.2, 0.25) is 11.8 Å². The van der Waals surface area contributed by atoms with Crippen molar-refractivity contribution < 1.29 is 14.7 Å². The zero-order chi connectivity index (χ0) is 14.4. The number of hydrogen-bond acceptors (Lipinski definition) is 3. The van der Waals surface area contributed by atoms with Crippen molar-refractivity contribution in [3.05, 3.63) is 23.8 Å². The molecule has 0 aromatic heterocycles. The van der Waals surface area contributed by atoms with Crippen LogP contribution in [0.15, 0.2) is 18.2 Å². The summed E-state index contributed by atoms with van der Waals surface area (Å²) in [6, 6.07) is 5.00. The Morgan fingerprint density at radius 1 is 1.15 bits per heavy atom. The Balaban J connectivity index is 2.00. The molecule has 1 heterocycles. The molecule has 1 saturated carbocycles. The number of fused-ring (bicyclic) bond motifs is 1. The fraction of sp³-hybridized carbons (Fsp3) is 0.500. The second-order valence-electron chi connectivity index (χ2n) is 6.14. The quantitative estimate of drug-likeness (QED) is 0.800. The van der Waals surface area contributed by atoms with Crippen molar-refractivity contribution in [2.24, 2.45) is 17.8 Å². The van der Waals surface area contributed by atoms with Crippen molar-refractivity contribution in [3.63, 3.8) is 0 Å². The van der Waals surface area contributed by atoms with Gasteiger partial charge in [-0.1, -0.05) is 13.0 Å². The first-order valence-electron chi connectivity index (χ1n) is 7.16. The molecule has 3 rings (SSSR count). The number of hydrogen-bond donors (Lipinski definition) is 1. The standard InChI is InChI=1S/C16H19NO3/c1-9-3-5-11-12(7-9)16(20)17(15(11)19)13-8-10(2)4-6-14(13)18/h4,6,8-9,11-12,18H,3,5,7H2,1-2H3/t9-,11+,12+/m0/s1. The second kappa shape index (κ2) is 4.62. The SMILES string of the molecule is Cc1ccc(O)c(N2C(=O)[C@@H]3CC[C@H](C)C[C@H]3C2=O)c1. The minimum absolute atomic E-state index is 0.0102. The highest BCUT2D eigenvalue weighted by atomic mass is 16.3. The highest BCUT2D eigenvalue weighted by Crippen LogP contribution is 2.43.